The van der Waals surface area contributed by atoms with Crippen LogP contribution in [0, 0.1) is 0 Å². The SMILES string of the molecule is C[C@H](NCC(=O)Nc1ccc(N2CCCC2=O)cc1)c1ccc(Cl)cc1Cl. The fourth-order valence-corrected chi connectivity index (χ4v) is 3.63. The standard InChI is InChI=1S/C20H21Cl2N3O2/c1-13(17-9-4-14(21)11-18(17)22)23-12-19(26)24-15-5-7-16(8-6-15)25-10-2-3-20(25)27/h4-9,11,13,23H,2-3,10,12H2,1H3,(H,24,26)/t13-/m0/s1. The zero-order valence-corrected chi connectivity index (χ0v) is 16.5. The van der Waals surface area contributed by atoms with Crippen LogP contribution in [0.2, 0.25) is 10.0 Å². The molecule has 1 atom stereocenters. The maximum absolute atomic E-state index is 12.2. The van der Waals surface area contributed by atoms with Gasteiger partial charge in [0, 0.05) is 40.4 Å². The number of anilines is 2. The lowest BCUT2D eigenvalue weighted by molar-refractivity contribution is -0.117. The number of amides is 2. The van der Waals surface area contributed by atoms with Gasteiger partial charge in [0.2, 0.25) is 11.8 Å². The molecule has 1 saturated heterocycles. The Kier molecular flexibility index (Phi) is 6.37. The van der Waals surface area contributed by atoms with Gasteiger partial charge in [0.25, 0.3) is 0 Å². The molecular weight excluding hydrogens is 385 g/mol. The predicted molar refractivity (Wildman–Crippen MR) is 110 cm³/mol. The second kappa shape index (κ2) is 8.74. The Labute approximate surface area is 168 Å². The molecule has 5 nitrogen and oxygen atoms in total. The number of carbonyl (C=O) groups excluding carboxylic acids is 2. The molecule has 0 spiro atoms. The van der Waals surface area contributed by atoms with E-state index in [1.165, 1.54) is 0 Å². The topological polar surface area (TPSA) is 61.4 Å². The van der Waals surface area contributed by atoms with Crippen LogP contribution in [0.3, 0.4) is 0 Å². The van der Waals surface area contributed by atoms with Gasteiger partial charge in [-0.05, 0) is 55.3 Å². The van der Waals surface area contributed by atoms with E-state index < -0.39 is 0 Å². The van der Waals surface area contributed by atoms with Crippen molar-refractivity contribution in [1.82, 2.24) is 5.32 Å². The summed E-state index contributed by atoms with van der Waals surface area (Å²) in [5, 5.41) is 7.13. The van der Waals surface area contributed by atoms with Crippen molar-refractivity contribution in [3.05, 3.63) is 58.1 Å². The summed E-state index contributed by atoms with van der Waals surface area (Å²) < 4.78 is 0. The van der Waals surface area contributed by atoms with E-state index in [-0.39, 0.29) is 24.4 Å². The van der Waals surface area contributed by atoms with Crippen molar-refractivity contribution < 1.29 is 9.59 Å². The molecule has 0 bridgehead atoms. The van der Waals surface area contributed by atoms with Crippen molar-refractivity contribution >= 4 is 46.4 Å². The van der Waals surface area contributed by atoms with Crippen molar-refractivity contribution in [2.75, 3.05) is 23.3 Å². The average Bonchev–Trinajstić information content (AvgIpc) is 3.06. The monoisotopic (exact) mass is 405 g/mol. The van der Waals surface area contributed by atoms with Crippen LogP contribution in [-0.2, 0) is 9.59 Å². The first-order valence-electron chi connectivity index (χ1n) is 8.82. The van der Waals surface area contributed by atoms with Crippen LogP contribution in [-0.4, -0.2) is 24.9 Å². The highest BCUT2D eigenvalue weighted by molar-refractivity contribution is 6.35. The highest BCUT2D eigenvalue weighted by atomic mass is 35.5. The molecule has 1 heterocycles. The Balaban J connectivity index is 1.52. The third-order valence-electron chi connectivity index (χ3n) is 4.53. The molecular formula is C20H21Cl2N3O2. The first-order valence-corrected chi connectivity index (χ1v) is 9.58. The van der Waals surface area contributed by atoms with Crippen LogP contribution >= 0.6 is 23.2 Å². The van der Waals surface area contributed by atoms with E-state index in [4.69, 9.17) is 23.2 Å². The van der Waals surface area contributed by atoms with Gasteiger partial charge in [-0.2, -0.15) is 0 Å². The first-order chi connectivity index (χ1) is 12.9. The molecule has 0 aliphatic carbocycles. The summed E-state index contributed by atoms with van der Waals surface area (Å²) in [6.07, 6.45) is 1.48. The minimum Gasteiger partial charge on any atom is -0.325 e. The molecule has 2 N–H and O–H groups in total. The zero-order chi connectivity index (χ0) is 19.4. The summed E-state index contributed by atoms with van der Waals surface area (Å²) in [6.45, 7) is 2.83. The number of benzene rings is 2. The first kappa shape index (κ1) is 19.7. The Hall–Kier alpha value is -2.08. The summed E-state index contributed by atoms with van der Waals surface area (Å²) in [5.74, 6) is -0.0113. The van der Waals surface area contributed by atoms with Crippen molar-refractivity contribution in [3.63, 3.8) is 0 Å². The van der Waals surface area contributed by atoms with Crippen LogP contribution in [0.15, 0.2) is 42.5 Å². The van der Waals surface area contributed by atoms with Gasteiger partial charge in [0.15, 0.2) is 0 Å². The summed E-state index contributed by atoms with van der Waals surface area (Å²) in [5.41, 5.74) is 2.43. The second-order valence-electron chi connectivity index (χ2n) is 6.51. The van der Waals surface area contributed by atoms with Crippen LogP contribution < -0.4 is 15.5 Å². The summed E-state index contributed by atoms with van der Waals surface area (Å²) in [6, 6.07) is 12.5. The number of hydrogen-bond acceptors (Lipinski definition) is 3. The van der Waals surface area contributed by atoms with Gasteiger partial charge in [-0.25, -0.2) is 0 Å². The van der Waals surface area contributed by atoms with E-state index in [1.54, 1.807) is 29.2 Å². The number of halogens is 2. The van der Waals surface area contributed by atoms with Gasteiger partial charge in [-0.15, -0.1) is 0 Å². The number of carbonyl (C=O) groups is 2. The lowest BCUT2D eigenvalue weighted by Crippen LogP contribution is -2.30. The van der Waals surface area contributed by atoms with Gasteiger partial charge in [0.1, 0.15) is 0 Å². The molecule has 0 unspecified atom stereocenters. The third-order valence-corrected chi connectivity index (χ3v) is 5.10. The van der Waals surface area contributed by atoms with E-state index in [1.807, 2.05) is 25.1 Å². The van der Waals surface area contributed by atoms with Gasteiger partial charge < -0.3 is 15.5 Å². The van der Waals surface area contributed by atoms with E-state index in [9.17, 15) is 9.59 Å². The van der Waals surface area contributed by atoms with Crippen LogP contribution in [0.4, 0.5) is 11.4 Å². The Morgan fingerprint density at radius 2 is 1.93 bits per heavy atom. The molecule has 2 amide bonds. The number of nitrogens with one attached hydrogen (secondary N) is 2. The molecule has 142 valence electrons. The lowest BCUT2D eigenvalue weighted by Gasteiger charge is -2.17. The molecule has 7 heteroatoms. The largest absolute Gasteiger partial charge is 0.325 e. The van der Waals surface area contributed by atoms with Crippen molar-refractivity contribution in [2.45, 2.75) is 25.8 Å². The molecule has 1 fully saturated rings. The van der Waals surface area contributed by atoms with Crippen LogP contribution in [0.25, 0.3) is 0 Å². The van der Waals surface area contributed by atoms with Crippen molar-refractivity contribution in [2.24, 2.45) is 0 Å². The van der Waals surface area contributed by atoms with Gasteiger partial charge in [0.05, 0.1) is 6.54 Å². The maximum atomic E-state index is 12.2. The van der Waals surface area contributed by atoms with Crippen molar-refractivity contribution in [1.29, 1.82) is 0 Å². The third kappa shape index (κ3) is 5.01. The minimum atomic E-state index is -0.156. The molecule has 0 radical (unpaired) electrons. The van der Waals surface area contributed by atoms with Gasteiger partial charge >= 0.3 is 0 Å². The van der Waals surface area contributed by atoms with E-state index >= 15 is 0 Å². The smallest absolute Gasteiger partial charge is 0.238 e. The minimum absolute atomic E-state index is 0.0935. The van der Waals surface area contributed by atoms with Gasteiger partial charge in [-0.1, -0.05) is 29.3 Å². The Morgan fingerprint density at radius 3 is 2.56 bits per heavy atom. The Morgan fingerprint density at radius 1 is 1.19 bits per heavy atom. The highest BCUT2D eigenvalue weighted by Gasteiger charge is 2.21. The summed E-state index contributed by atoms with van der Waals surface area (Å²) >= 11 is 12.1. The number of rotatable bonds is 6. The molecule has 0 saturated carbocycles. The van der Waals surface area contributed by atoms with Gasteiger partial charge in [-0.3, -0.25) is 9.59 Å². The van der Waals surface area contributed by atoms with E-state index in [2.05, 4.69) is 10.6 Å². The van der Waals surface area contributed by atoms with Crippen LogP contribution in [0.5, 0.6) is 0 Å². The lowest BCUT2D eigenvalue weighted by atomic mass is 10.1. The molecule has 27 heavy (non-hydrogen) atoms. The quantitative estimate of drug-likeness (QED) is 0.747. The number of hydrogen-bond donors (Lipinski definition) is 2. The van der Waals surface area contributed by atoms with Crippen molar-refractivity contribution in [3.8, 4) is 0 Å². The molecule has 2 aromatic rings. The summed E-state index contributed by atoms with van der Waals surface area (Å²) in [7, 11) is 0. The van der Waals surface area contributed by atoms with E-state index in [0.29, 0.717) is 22.2 Å². The van der Waals surface area contributed by atoms with E-state index in [0.717, 1.165) is 24.2 Å². The fraction of sp³-hybridized carbons (Fsp3) is 0.300. The molecule has 3 rings (SSSR count). The zero-order valence-electron chi connectivity index (χ0n) is 15.0. The average molecular weight is 406 g/mol. The molecule has 1 aliphatic rings. The second-order valence-corrected chi connectivity index (χ2v) is 7.36. The molecule has 0 aromatic heterocycles. The fourth-order valence-electron chi connectivity index (χ4n) is 3.06. The number of nitrogens with zero attached hydrogens (tertiary/aromatic N) is 1. The van der Waals surface area contributed by atoms with Crippen LogP contribution in [0.1, 0.15) is 31.4 Å². The normalized spacial score (nSPS) is 15.1. The summed E-state index contributed by atoms with van der Waals surface area (Å²) in [4.78, 5) is 25.7. The predicted octanol–water partition coefficient (Wildman–Crippen LogP) is 4.41. The molecule has 1 aliphatic heterocycles. The highest BCUT2D eigenvalue weighted by Crippen LogP contribution is 2.26. The Bertz CT molecular complexity index is 840. The molecule has 2 aromatic carbocycles. The maximum Gasteiger partial charge on any atom is 0.238 e.